The highest BCUT2D eigenvalue weighted by Crippen LogP contribution is 2.57. The third-order valence-electron chi connectivity index (χ3n) is 8.10. The molecule has 236 valence electrons. The minimum atomic E-state index is -3.59. The third kappa shape index (κ3) is 8.28. The highest BCUT2D eigenvalue weighted by molar-refractivity contribution is 7.67. The minimum absolute atomic E-state index is 0.182. The number of hydrogen-bond donors (Lipinski definition) is 1. The average Bonchev–Trinajstić information content (AvgIpc) is 3.12. The maximum Gasteiger partial charge on any atom is 0.251 e. The van der Waals surface area contributed by atoms with Gasteiger partial charge in [-0.15, -0.1) is 0 Å². The molecule has 46 heavy (non-hydrogen) atoms. The van der Waals surface area contributed by atoms with Crippen LogP contribution in [-0.4, -0.2) is 30.7 Å². The second-order valence-corrected chi connectivity index (χ2v) is 13.9. The van der Waals surface area contributed by atoms with Crippen LogP contribution in [0.25, 0.3) is 0 Å². The van der Waals surface area contributed by atoms with E-state index in [0.29, 0.717) is 31.7 Å². The molecule has 1 unspecified atom stereocenters. The zero-order valence-corrected chi connectivity index (χ0v) is 26.7. The Bertz CT molecular complexity index is 1640. The van der Waals surface area contributed by atoms with E-state index in [2.05, 4.69) is 5.32 Å². The molecule has 5 aromatic carbocycles. The van der Waals surface area contributed by atoms with E-state index in [-0.39, 0.29) is 6.61 Å². The summed E-state index contributed by atoms with van der Waals surface area (Å²) in [6, 6.07) is 49.6. The third-order valence-corrected chi connectivity index (χ3v) is 10.9. The van der Waals surface area contributed by atoms with Gasteiger partial charge in [0.25, 0.3) is 7.37 Å². The van der Waals surface area contributed by atoms with Crippen molar-refractivity contribution in [3.05, 3.63) is 174 Å². The lowest BCUT2D eigenvalue weighted by Crippen LogP contribution is -2.59. The van der Waals surface area contributed by atoms with Gasteiger partial charge in [0, 0.05) is 11.8 Å². The summed E-state index contributed by atoms with van der Waals surface area (Å²) in [6.45, 7) is 1.73. The molecule has 6 nitrogen and oxygen atoms in total. The lowest BCUT2D eigenvalue weighted by atomic mass is 10.1. The predicted molar refractivity (Wildman–Crippen MR) is 182 cm³/mol. The van der Waals surface area contributed by atoms with Crippen LogP contribution in [0.3, 0.4) is 0 Å². The van der Waals surface area contributed by atoms with Crippen molar-refractivity contribution in [3.63, 3.8) is 0 Å². The van der Waals surface area contributed by atoms with Gasteiger partial charge in [0.2, 0.25) is 0 Å². The summed E-state index contributed by atoms with van der Waals surface area (Å²) in [5, 5.41) is 4.24. The SMILES string of the molecule is O=[P@@]1(c2ccccc2)O[C@H](COCc2ccccc2)[C@@H](OCc2ccccc2)[C@H](OCc2ccccc2)C1NCc1ccccc1. The monoisotopic (exact) mass is 633 g/mol. The van der Waals surface area contributed by atoms with Crippen LogP contribution >= 0.6 is 7.37 Å². The summed E-state index contributed by atoms with van der Waals surface area (Å²) in [7, 11) is -3.59. The Morgan fingerprint density at radius 1 is 0.543 bits per heavy atom. The van der Waals surface area contributed by atoms with Gasteiger partial charge in [-0.1, -0.05) is 140 Å². The molecule has 6 rings (SSSR count). The first-order chi connectivity index (χ1) is 22.7. The number of nitrogens with one attached hydrogen (secondary N) is 1. The minimum Gasteiger partial charge on any atom is -0.374 e. The van der Waals surface area contributed by atoms with Gasteiger partial charge in [0.05, 0.1) is 26.4 Å². The molecule has 5 atom stereocenters. The van der Waals surface area contributed by atoms with Crippen molar-refractivity contribution in [1.29, 1.82) is 0 Å². The molecule has 0 bridgehead atoms. The van der Waals surface area contributed by atoms with E-state index in [9.17, 15) is 0 Å². The highest BCUT2D eigenvalue weighted by atomic mass is 31.2. The molecule has 0 saturated carbocycles. The molecule has 0 amide bonds. The molecule has 5 aromatic rings. The van der Waals surface area contributed by atoms with Crippen molar-refractivity contribution in [2.75, 3.05) is 6.61 Å². The number of hydrogen-bond acceptors (Lipinski definition) is 6. The van der Waals surface area contributed by atoms with Crippen LogP contribution < -0.4 is 10.6 Å². The van der Waals surface area contributed by atoms with Gasteiger partial charge < -0.3 is 18.7 Å². The quantitative estimate of drug-likeness (QED) is 0.128. The molecule has 1 aliphatic rings. The molecule has 0 spiro atoms. The molecular formula is C39H40NO5P. The molecular weight excluding hydrogens is 593 g/mol. The molecule has 0 aromatic heterocycles. The lowest BCUT2D eigenvalue weighted by molar-refractivity contribution is -0.156. The zero-order valence-electron chi connectivity index (χ0n) is 25.8. The number of ether oxygens (including phenoxy) is 3. The first-order valence-corrected chi connectivity index (χ1v) is 17.4. The van der Waals surface area contributed by atoms with E-state index in [1.807, 2.05) is 152 Å². The summed E-state index contributed by atoms with van der Waals surface area (Å²) in [5.41, 5.74) is 4.16. The van der Waals surface area contributed by atoms with Crippen LogP contribution in [-0.2, 0) is 49.7 Å². The molecule has 1 saturated heterocycles. The molecule has 0 radical (unpaired) electrons. The molecule has 0 aliphatic carbocycles. The topological polar surface area (TPSA) is 66.0 Å². The van der Waals surface area contributed by atoms with Crippen LogP contribution in [0.5, 0.6) is 0 Å². The maximum atomic E-state index is 15.4. The number of benzene rings is 5. The lowest BCUT2D eigenvalue weighted by Gasteiger charge is -2.46. The first-order valence-electron chi connectivity index (χ1n) is 15.7. The Morgan fingerprint density at radius 3 is 1.50 bits per heavy atom. The van der Waals surface area contributed by atoms with Gasteiger partial charge in [-0.3, -0.25) is 9.88 Å². The smallest absolute Gasteiger partial charge is 0.251 e. The first kappa shape index (κ1) is 32.1. The Kier molecular flexibility index (Phi) is 11.2. The average molecular weight is 634 g/mol. The summed E-state index contributed by atoms with van der Waals surface area (Å²) in [4.78, 5) is 0. The van der Waals surface area contributed by atoms with Gasteiger partial charge in [0.1, 0.15) is 24.1 Å². The van der Waals surface area contributed by atoms with Crippen molar-refractivity contribution in [1.82, 2.24) is 5.32 Å². The van der Waals surface area contributed by atoms with E-state index in [1.54, 1.807) is 0 Å². The van der Waals surface area contributed by atoms with Crippen LogP contribution in [0.1, 0.15) is 22.3 Å². The van der Waals surface area contributed by atoms with Crippen LogP contribution in [0.2, 0.25) is 0 Å². The normalized spacial score (nSPS) is 22.8. The largest absolute Gasteiger partial charge is 0.374 e. The van der Waals surface area contributed by atoms with Crippen molar-refractivity contribution in [2.24, 2.45) is 0 Å². The Labute approximate surface area is 271 Å². The summed E-state index contributed by atoms with van der Waals surface area (Å²) < 4.78 is 41.9. The standard InChI is InChI=1S/C39H40NO5P/c41-46(35-24-14-5-15-25-35)39(40-26-31-16-6-1-7-17-31)38(44-29-34-22-12-4-13-23-34)37(43-28-33-20-10-3-11-21-33)36(45-46)30-42-27-32-18-8-2-9-19-32/h1-25,36-40H,26-30H2/t36-,37-,38+,39?,46+/m1/s1. The molecule has 1 fully saturated rings. The second-order valence-electron chi connectivity index (χ2n) is 11.4. The predicted octanol–water partition coefficient (Wildman–Crippen LogP) is 7.49. The Morgan fingerprint density at radius 2 is 0.978 bits per heavy atom. The Balaban J connectivity index is 1.36. The van der Waals surface area contributed by atoms with Crippen molar-refractivity contribution < 1.29 is 23.3 Å². The van der Waals surface area contributed by atoms with E-state index in [0.717, 1.165) is 22.3 Å². The Hall–Kier alpha value is -3.87. The number of rotatable bonds is 14. The van der Waals surface area contributed by atoms with Crippen molar-refractivity contribution >= 4 is 12.7 Å². The second kappa shape index (κ2) is 16.1. The summed E-state index contributed by atoms with van der Waals surface area (Å²) in [5.74, 6) is -0.690. The molecule has 7 heteroatoms. The van der Waals surface area contributed by atoms with Crippen LogP contribution in [0.15, 0.2) is 152 Å². The fraction of sp³-hybridized carbons (Fsp3) is 0.231. The van der Waals surface area contributed by atoms with Gasteiger partial charge in [0.15, 0.2) is 0 Å². The fourth-order valence-corrected chi connectivity index (χ4v) is 8.46. The molecule has 1 aliphatic heterocycles. The van der Waals surface area contributed by atoms with Gasteiger partial charge in [-0.2, -0.15) is 0 Å². The highest BCUT2D eigenvalue weighted by Gasteiger charge is 2.54. The maximum absolute atomic E-state index is 15.4. The molecule has 1 N–H and O–H groups in total. The van der Waals surface area contributed by atoms with Gasteiger partial charge >= 0.3 is 0 Å². The van der Waals surface area contributed by atoms with Crippen molar-refractivity contribution in [3.8, 4) is 0 Å². The summed E-state index contributed by atoms with van der Waals surface area (Å²) in [6.07, 6.45) is -1.87. The van der Waals surface area contributed by atoms with Crippen LogP contribution in [0.4, 0.5) is 0 Å². The van der Waals surface area contributed by atoms with E-state index in [4.69, 9.17) is 18.7 Å². The van der Waals surface area contributed by atoms with Crippen molar-refractivity contribution in [2.45, 2.75) is 50.5 Å². The van der Waals surface area contributed by atoms with Gasteiger partial charge in [-0.25, -0.2) is 0 Å². The van der Waals surface area contributed by atoms with E-state index >= 15 is 4.57 Å². The van der Waals surface area contributed by atoms with Gasteiger partial charge in [-0.05, 0) is 34.4 Å². The fourth-order valence-electron chi connectivity index (χ4n) is 5.74. The summed E-state index contributed by atoms with van der Waals surface area (Å²) >= 11 is 0. The zero-order chi connectivity index (χ0) is 31.4. The van der Waals surface area contributed by atoms with E-state index < -0.39 is 31.5 Å². The molecule has 1 heterocycles. The van der Waals surface area contributed by atoms with E-state index in [1.165, 1.54) is 0 Å². The van der Waals surface area contributed by atoms with Crippen LogP contribution in [0, 0.1) is 0 Å².